The Hall–Kier alpha value is -2.33. The van der Waals surface area contributed by atoms with E-state index in [1.807, 2.05) is 0 Å². The van der Waals surface area contributed by atoms with Gasteiger partial charge < -0.3 is 10.4 Å². The number of amides is 1. The molecule has 5 nitrogen and oxygen atoms in total. The molecule has 0 aliphatic rings. The zero-order valence-electron chi connectivity index (χ0n) is 9.13. The minimum absolute atomic E-state index is 0.248. The van der Waals surface area contributed by atoms with Crippen LogP contribution in [0.15, 0.2) is 12.1 Å². The van der Waals surface area contributed by atoms with Gasteiger partial charge in [-0.2, -0.15) is 26.3 Å². The normalized spacial score (nSPS) is 12.1. The highest BCUT2D eigenvalue weighted by atomic mass is 19.4. The van der Waals surface area contributed by atoms with E-state index in [9.17, 15) is 35.9 Å². The smallest absolute Gasteiger partial charge is 0.471 e. The summed E-state index contributed by atoms with van der Waals surface area (Å²) in [7, 11) is 0. The SMILES string of the molecule is O=C(O)c1nc(C(F)(F)F)ccc1NC(=O)C(F)(F)F. The number of aromatic nitrogens is 1. The highest BCUT2D eigenvalue weighted by Gasteiger charge is 2.40. The van der Waals surface area contributed by atoms with E-state index in [-0.39, 0.29) is 6.07 Å². The number of halogens is 6. The monoisotopic (exact) mass is 302 g/mol. The fraction of sp³-hybridized carbons (Fsp3) is 0.222. The van der Waals surface area contributed by atoms with E-state index >= 15 is 0 Å². The summed E-state index contributed by atoms with van der Waals surface area (Å²) in [5.74, 6) is -4.55. The summed E-state index contributed by atoms with van der Waals surface area (Å²) in [6.45, 7) is 0. The van der Waals surface area contributed by atoms with Gasteiger partial charge in [0.05, 0.1) is 5.69 Å². The maximum Gasteiger partial charge on any atom is 0.471 e. The summed E-state index contributed by atoms with van der Waals surface area (Å²) in [6.07, 6.45) is -10.3. The van der Waals surface area contributed by atoms with E-state index in [2.05, 4.69) is 4.98 Å². The number of carbonyl (C=O) groups is 2. The van der Waals surface area contributed by atoms with Crippen molar-refractivity contribution in [3.8, 4) is 0 Å². The number of alkyl halides is 6. The van der Waals surface area contributed by atoms with Gasteiger partial charge in [0.1, 0.15) is 5.69 Å². The van der Waals surface area contributed by atoms with Crippen LogP contribution < -0.4 is 5.32 Å². The molecule has 20 heavy (non-hydrogen) atoms. The number of aromatic carboxylic acids is 1. The molecule has 110 valence electrons. The topological polar surface area (TPSA) is 79.3 Å². The quantitative estimate of drug-likeness (QED) is 0.822. The Kier molecular flexibility index (Phi) is 3.92. The van der Waals surface area contributed by atoms with Crippen LogP contribution in [0.2, 0.25) is 0 Å². The number of rotatable bonds is 2. The molecule has 0 radical (unpaired) electrons. The molecule has 0 bridgehead atoms. The molecule has 0 saturated heterocycles. The van der Waals surface area contributed by atoms with Crippen molar-refractivity contribution >= 4 is 17.6 Å². The molecule has 1 rings (SSSR count). The minimum Gasteiger partial charge on any atom is -0.476 e. The number of carboxylic acid groups (broad SMARTS) is 1. The Morgan fingerprint density at radius 1 is 1.10 bits per heavy atom. The van der Waals surface area contributed by atoms with E-state index in [0.29, 0.717) is 6.07 Å². The highest BCUT2D eigenvalue weighted by molar-refractivity contribution is 6.01. The van der Waals surface area contributed by atoms with Crippen molar-refractivity contribution in [1.82, 2.24) is 4.98 Å². The van der Waals surface area contributed by atoms with Crippen LogP contribution in [0.25, 0.3) is 0 Å². The van der Waals surface area contributed by atoms with Gasteiger partial charge >= 0.3 is 24.2 Å². The van der Waals surface area contributed by atoms with Crippen LogP contribution in [0.1, 0.15) is 16.2 Å². The molecule has 0 aromatic carbocycles. The molecule has 1 heterocycles. The molecule has 0 saturated carbocycles. The summed E-state index contributed by atoms with van der Waals surface area (Å²) in [4.78, 5) is 24.0. The first-order valence-corrected chi connectivity index (χ1v) is 4.62. The Morgan fingerprint density at radius 3 is 2.05 bits per heavy atom. The van der Waals surface area contributed by atoms with Gasteiger partial charge in [0.25, 0.3) is 0 Å². The van der Waals surface area contributed by atoms with Gasteiger partial charge in [-0.25, -0.2) is 9.78 Å². The van der Waals surface area contributed by atoms with Crippen molar-refractivity contribution in [3.63, 3.8) is 0 Å². The molecule has 0 spiro atoms. The zero-order valence-corrected chi connectivity index (χ0v) is 9.13. The second-order valence-corrected chi connectivity index (χ2v) is 3.35. The van der Waals surface area contributed by atoms with Crippen LogP contribution in [0.3, 0.4) is 0 Å². The molecule has 0 atom stereocenters. The summed E-state index contributed by atoms with van der Waals surface area (Å²) >= 11 is 0. The average molecular weight is 302 g/mol. The van der Waals surface area contributed by atoms with Gasteiger partial charge in [-0.15, -0.1) is 0 Å². The minimum atomic E-state index is -5.32. The molecule has 1 aromatic rings. The van der Waals surface area contributed by atoms with E-state index in [4.69, 9.17) is 5.11 Å². The second kappa shape index (κ2) is 4.98. The lowest BCUT2D eigenvalue weighted by molar-refractivity contribution is -0.167. The highest BCUT2D eigenvalue weighted by Crippen LogP contribution is 2.30. The van der Waals surface area contributed by atoms with Crippen LogP contribution in [0.5, 0.6) is 0 Å². The Morgan fingerprint density at radius 2 is 1.65 bits per heavy atom. The van der Waals surface area contributed by atoms with Crippen molar-refractivity contribution in [2.45, 2.75) is 12.4 Å². The van der Waals surface area contributed by atoms with Crippen molar-refractivity contribution < 1.29 is 41.0 Å². The maximum absolute atomic E-state index is 12.3. The predicted octanol–water partition coefficient (Wildman–Crippen LogP) is 2.30. The standard InChI is InChI=1S/C9H4F6N2O3/c10-8(11,12)4-2-1-3(5(17-4)6(18)19)16-7(20)9(13,14)15/h1-2H,(H,16,20)(H,18,19). The van der Waals surface area contributed by atoms with Crippen LogP contribution in [-0.2, 0) is 11.0 Å². The number of hydrogen-bond acceptors (Lipinski definition) is 3. The number of carboxylic acids is 1. The predicted molar refractivity (Wildman–Crippen MR) is 50.9 cm³/mol. The number of nitrogens with zero attached hydrogens (tertiary/aromatic N) is 1. The van der Waals surface area contributed by atoms with Crippen LogP contribution >= 0.6 is 0 Å². The van der Waals surface area contributed by atoms with Gasteiger partial charge in [-0.3, -0.25) is 4.79 Å². The summed E-state index contributed by atoms with van der Waals surface area (Å²) in [5.41, 5.74) is -3.95. The molecular weight excluding hydrogens is 298 g/mol. The summed E-state index contributed by atoms with van der Waals surface area (Å²) < 4.78 is 72.8. The fourth-order valence-corrected chi connectivity index (χ4v) is 1.07. The molecule has 0 aliphatic heterocycles. The Balaban J connectivity index is 3.22. The largest absolute Gasteiger partial charge is 0.476 e. The molecule has 1 aromatic heterocycles. The first-order valence-electron chi connectivity index (χ1n) is 4.62. The zero-order chi connectivity index (χ0) is 15.7. The second-order valence-electron chi connectivity index (χ2n) is 3.35. The summed E-state index contributed by atoms with van der Waals surface area (Å²) in [5, 5.41) is 9.74. The van der Waals surface area contributed by atoms with Crippen molar-refractivity contribution in [3.05, 3.63) is 23.5 Å². The Bertz CT molecular complexity index is 552. The van der Waals surface area contributed by atoms with Gasteiger partial charge in [0.2, 0.25) is 0 Å². The lowest BCUT2D eigenvalue weighted by atomic mass is 10.2. The fourth-order valence-electron chi connectivity index (χ4n) is 1.07. The first kappa shape index (κ1) is 15.7. The molecule has 1 amide bonds. The third-order valence-corrected chi connectivity index (χ3v) is 1.89. The molecule has 0 aliphatic carbocycles. The Labute approximate surface area is 106 Å². The number of hydrogen-bond donors (Lipinski definition) is 2. The van der Waals surface area contributed by atoms with Gasteiger partial charge in [-0.05, 0) is 12.1 Å². The van der Waals surface area contributed by atoms with E-state index < -0.39 is 41.3 Å². The first-order chi connectivity index (χ1) is 8.93. The van der Waals surface area contributed by atoms with Crippen molar-refractivity contribution in [1.29, 1.82) is 0 Å². The number of carbonyl (C=O) groups excluding carboxylic acids is 1. The number of anilines is 1. The molecule has 11 heteroatoms. The van der Waals surface area contributed by atoms with E-state index in [1.54, 1.807) is 0 Å². The number of pyridine rings is 1. The third-order valence-electron chi connectivity index (χ3n) is 1.89. The lowest BCUT2D eigenvalue weighted by Gasteiger charge is -2.12. The van der Waals surface area contributed by atoms with Gasteiger partial charge in [-0.1, -0.05) is 0 Å². The maximum atomic E-state index is 12.3. The summed E-state index contributed by atoms with van der Waals surface area (Å²) in [6, 6.07) is 0.626. The van der Waals surface area contributed by atoms with E-state index in [0.717, 1.165) is 5.32 Å². The molecule has 2 N–H and O–H groups in total. The van der Waals surface area contributed by atoms with E-state index in [1.165, 1.54) is 0 Å². The molecule has 0 fully saturated rings. The molecular formula is C9H4F6N2O3. The lowest BCUT2D eigenvalue weighted by Crippen LogP contribution is -2.31. The van der Waals surface area contributed by atoms with Crippen molar-refractivity contribution in [2.24, 2.45) is 0 Å². The van der Waals surface area contributed by atoms with Crippen molar-refractivity contribution in [2.75, 3.05) is 5.32 Å². The van der Waals surface area contributed by atoms with Crippen LogP contribution in [0.4, 0.5) is 32.0 Å². The molecule has 0 unspecified atom stereocenters. The van der Waals surface area contributed by atoms with Gasteiger partial charge in [0, 0.05) is 0 Å². The van der Waals surface area contributed by atoms with Crippen LogP contribution in [0, 0.1) is 0 Å². The van der Waals surface area contributed by atoms with Gasteiger partial charge in [0.15, 0.2) is 5.69 Å². The van der Waals surface area contributed by atoms with Crippen LogP contribution in [-0.4, -0.2) is 28.1 Å². The third kappa shape index (κ3) is 3.59. The number of nitrogens with one attached hydrogen (secondary N) is 1. The average Bonchev–Trinajstić information content (AvgIpc) is 2.26.